The number of rotatable bonds is 2. The van der Waals surface area contributed by atoms with Crippen LogP contribution in [-0.4, -0.2) is 40.6 Å². The largest absolute Gasteiger partial charge is 0.337 e. The molecule has 1 saturated heterocycles. The monoisotopic (exact) mass is 288 g/mol. The molecule has 0 atom stereocenters. The van der Waals surface area contributed by atoms with Gasteiger partial charge in [0.05, 0.1) is 6.54 Å². The first-order chi connectivity index (χ1) is 6.36. The van der Waals surface area contributed by atoms with Crippen molar-refractivity contribution in [3.8, 4) is 0 Å². The highest BCUT2D eigenvalue weighted by atomic mass is 35.5. The van der Waals surface area contributed by atoms with Crippen LogP contribution in [0.5, 0.6) is 0 Å². The van der Waals surface area contributed by atoms with E-state index in [1.165, 1.54) is 0 Å². The molecular formula is C9H19Cl3N4. The summed E-state index contributed by atoms with van der Waals surface area (Å²) in [6.07, 6.45) is 3.86. The first-order valence-corrected chi connectivity index (χ1v) is 4.75. The van der Waals surface area contributed by atoms with Crippen molar-refractivity contribution >= 4 is 37.2 Å². The van der Waals surface area contributed by atoms with Gasteiger partial charge in [-0.05, 0) is 0 Å². The fourth-order valence-corrected chi connectivity index (χ4v) is 1.62. The minimum atomic E-state index is 0. The Hall–Kier alpha value is -0.0000000000000000971. The van der Waals surface area contributed by atoms with Gasteiger partial charge in [0.15, 0.2) is 0 Å². The maximum atomic E-state index is 4.31. The molecule has 0 aromatic carbocycles. The summed E-state index contributed by atoms with van der Waals surface area (Å²) >= 11 is 0. The maximum Gasteiger partial charge on any atom is 0.122 e. The second-order valence-electron chi connectivity index (χ2n) is 3.48. The van der Waals surface area contributed by atoms with Crippen molar-refractivity contribution < 1.29 is 0 Å². The van der Waals surface area contributed by atoms with Crippen LogP contribution in [-0.2, 0) is 13.6 Å². The van der Waals surface area contributed by atoms with Crippen molar-refractivity contribution in [1.29, 1.82) is 0 Å². The van der Waals surface area contributed by atoms with Gasteiger partial charge in [0, 0.05) is 45.6 Å². The van der Waals surface area contributed by atoms with Crippen molar-refractivity contribution in [1.82, 2.24) is 19.8 Å². The number of hydrogen-bond acceptors (Lipinski definition) is 3. The Morgan fingerprint density at radius 2 is 1.88 bits per heavy atom. The van der Waals surface area contributed by atoms with E-state index in [0.29, 0.717) is 0 Å². The highest BCUT2D eigenvalue weighted by molar-refractivity contribution is 5.86. The molecule has 96 valence electrons. The molecule has 0 saturated carbocycles. The summed E-state index contributed by atoms with van der Waals surface area (Å²) in [5.74, 6) is 1.15. The second kappa shape index (κ2) is 9.07. The molecule has 0 bridgehead atoms. The topological polar surface area (TPSA) is 33.1 Å². The summed E-state index contributed by atoms with van der Waals surface area (Å²) in [5, 5.41) is 3.34. The van der Waals surface area contributed by atoms with Crippen LogP contribution in [0.25, 0.3) is 0 Å². The minimum absolute atomic E-state index is 0. The fraction of sp³-hybridized carbons (Fsp3) is 0.667. The Morgan fingerprint density at radius 1 is 1.25 bits per heavy atom. The summed E-state index contributed by atoms with van der Waals surface area (Å²) in [5.41, 5.74) is 0. The summed E-state index contributed by atoms with van der Waals surface area (Å²) < 4.78 is 2.09. The molecule has 1 N–H and O–H groups in total. The highest BCUT2D eigenvalue weighted by Gasteiger charge is 2.11. The number of halogens is 3. The second-order valence-corrected chi connectivity index (χ2v) is 3.48. The lowest BCUT2D eigenvalue weighted by Gasteiger charge is -2.26. The van der Waals surface area contributed by atoms with Crippen molar-refractivity contribution in [2.75, 3.05) is 26.2 Å². The van der Waals surface area contributed by atoms with Gasteiger partial charge in [-0.2, -0.15) is 0 Å². The zero-order valence-electron chi connectivity index (χ0n) is 9.26. The van der Waals surface area contributed by atoms with E-state index in [-0.39, 0.29) is 37.2 Å². The predicted octanol–water partition coefficient (Wildman–Crippen LogP) is 1.09. The number of aromatic nitrogens is 2. The molecule has 1 aliphatic heterocycles. The zero-order chi connectivity index (χ0) is 9.10. The molecule has 1 aliphatic rings. The summed E-state index contributed by atoms with van der Waals surface area (Å²) in [4.78, 5) is 6.74. The summed E-state index contributed by atoms with van der Waals surface area (Å²) in [6.45, 7) is 5.44. The molecule has 7 heteroatoms. The first kappa shape index (κ1) is 18.4. The van der Waals surface area contributed by atoms with Crippen LogP contribution in [0.1, 0.15) is 5.82 Å². The van der Waals surface area contributed by atoms with E-state index >= 15 is 0 Å². The lowest BCUT2D eigenvalue weighted by atomic mass is 10.3. The van der Waals surface area contributed by atoms with Crippen LogP contribution in [0, 0.1) is 0 Å². The first-order valence-electron chi connectivity index (χ1n) is 4.75. The normalized spacial score (nSPS) is 15.6. The van der Waals surface area contributed by atoms with E-state index in [9.17, 15) is 0 Å². The van der Waals surface area contributed by atoms with Gasteiger partial charge in [-0.1, -0.05) is 0 Å². The number of nitrogens with one attached hydrogen (secondary N) is 1. The Labute approximate surface area is 115 Å². The Balaban J connectivity index is 0. The van der Waals surface area contributed by atoms with Crippen LogP contribution in [0.15, 0.2) is 12.4 Å². The average Bonchev–Trinajstić information content (AvgIpc) is 2.54. The third-order valence-electron chi connectivity index (χ3n) is 2.50. The van der Waals surface area contributed by atoms with Crippen molar-refractivity contribution in [2.45, 2.75) is 6.54 Å². The van der Waals surface area contributed by atoms with Crippen LogP contribution in [0.3, 0.4) is 0 Å². The maximum absolute atomic E-state index is 4.31. The summed E-state index contributed by atoms with van der Waals surface area (Å²) in [6, 6.07) is 0. The van der Waals surface area contributed by atoms with Gasteiger partial charge in [-0.15, -0.1) is 37.2 Å². The van der Waals surface area contributed by atoms with Gasteiger partial charge in [0.1, 0.15) is 5.82 Å². The van der Waals surface area contributed by atoms with Gasteiger partial charge >= 0.3 is 0 Å². The Bertz CT molecular complexity index is 273. The van der Waals surface area contributed by atoms with Gasteiger partial charge in [-0.3, -0.25) is 4.90 Å². The molecule has 4 nitrogen and oxygen atoms in total. The lowest BCUT2D eigenvalue weighted by Crippen LogP contribution is -2.43. The highest BCUT2D eigenvalue weighted by Crippen LogP contribution is 2.01. The van der Waals surface area contributed by atoms with E-state index in [2.05, 4.69) is 19.8 Å². The van der Waals surface area contributed by atoms with Crippen molar-refractivity contribution in [3.05, 3.63) is 18.2 Å². The van der Waals surface area contributed by atoms with Gasteiger partial charge in [0.25, 0.3) is 0 Å². The van der Waals surface area contributed by atoms with E-state index in [4.69, 9.17) is 0 Å². The van der Waals surface area contributed by atoms with Crippen LogP contribution >= 0.6 is 37.2 Å². The van der Waals surface area contributed by atoms with Gasteiger partial charge < -0.3 is 9.88 Å². The molecule has 1 fully saturated rings. The molecule has 1 aromatic rings. The molecular weight excluding hydrogens is 270 g/mol. The number of piperazine rings is 1. The quantitative estimate of drug-likeness (QED) is 0.885. The number of hydrogen-bond donors (Lipinski definition) is 1. The molecule has 1 aromatic heterocycles. The van der Waals surface area contributed by atoms with Crippen molar-refractivity contribution in [2.24, 2.45) is 7.05 Å². The van der Waals surface area contributed by atoms with E-state index in [0.717, 1.165) is 38.5 Å². The molecule has 0 aliphatic carbocycles. The van der Waals surface area contributed by atoms with E-state index in [1.54, 1.807) is 0 Å². The molecule has 0 radical (unpaired) electrons. The van der Waals surface area contributed by atoms with Gasteiger partial charge in [0.2, 0.25) is 0 Å². The van der Waals surface area contributed by atoms with E-state index in [1.807, 2.05) is 19.4 Å². The van der Waals surface area contributed by atoms with Crippen LogP contribution in [0.4, 0.5) is 0 Å². The Kier molecular flexibility index (Phi) is 10.4. The van der Waals surface area contributed by atoms with E-state index < -0.39 is 0 Å². The molecule has 0 unspecified atom stereocenters. The zero-order valence-corrected chi connectivity index (χ0v) is 11.7. The number of aryl methyl sites for hydroxylation is 1. The molecule has 2 rings (SSSR count). The third kappa shape index (κ3) is 4.89. The van der Waals surface area contributed by atoms with Gasteiger partial charge in [-0.25, -0.2) is 4.98 Å². The number of nitrogens with zero attached hydrogens (tertiary/aromatic N) is 3. The smallest absolute Gasteiger partial charge is 0.122 e. The van der Waals surface area contributed by atoms with Crippen LogP contribution in [0.2, 0.25) is 0 Å². The predicted molar refractivity (Wildman–Crippen MR) is 73.1 cm³/mol. The minimum Gasteiger partial charge on any atom is -0.337 e. The summed E-state index contributed by atoms with van der Waals surface area (Å²) in [7, 11) is 2.05. The molecule has 2 heterocycles. The third-order valence-corrected chi connectivity index (χ3v) is 2.50. The molecule has 16 heavy (non-hydrogen) atoms. The molecule has 0 spiro atoms. The Morgan fingerprint density at radius 3 is 2.38 bits per heavy atom. The average molecular weight is 290 g/mol. The standard InChI is InChI=1S/C9H16N4.3ClH/c1-12-5-4-11-9(12)8-13-6-2-10-3-7-13;;;/h4-5,10H,2-3,6-8H2,1H3;3*1H. The fourth-order valence-electron chi connectivity index (χ4n) is 1.62. The number of imidazole rings is 1. The van der Waals surface area contributed by atoms with Crippen molar-refractivity contribution in [3.63, 3.8) is 0 Å². The molecule has 0 amide bonds. The lowest BCUT2D eigenvalue weighted by molar-refractivity contribution is 0.226. The van der Waals surface area contributed by atoms with Crippen LogP contribution < -0.4 is 5.32 Å². The SMILES string of the molecule is Cl.Cl.Cl.Cn1ccnc1CN1CCNCC1.